The van der Waals surface area contributed by atoms with Crippen LogP contribution in [0.3, 0.4) is 0 Å². The second-order valence-electron chi connectivity index (χ2n) is 6.05. The Kier molecular flexibility index (Phi) is 4.98. The molecule has 2 atom stereocenters. The molecule has 1 N–H and O–H groups in total. The molecule has 1 aliphatic rings. The van der Waals surface area contributed by atoms with Crippen LogP contribution in [-0.4, -0.2) is 16.2 Å². The summed E-state index contributed by atoms with van der Waals surface area (Å²) in [6.07, 6.45) is 7.67. The molecular formula is C14H25N3S. The number of nitrogens with one attached hydrogen (secondary N) is 1. The highest BCUT2D eigenvalue weighted by Crippen LogP contribution is 2.26. The van der Waals surface area contributed by atoms with Gasteiger partial charge >= 0.3 is 0 Å². The Morgan fingerprint density at radius 1 is 1.22 bits per heavy atom. The van der Waals surface area contributed by atoms with E-state index in [0.29, 0.717) is 12.0 Å². The topological polar surface area (TPSA) is 37.8 Å². The Labute approximate surface area is 114 Å². The summed E-state index contributed by atoms with van der Waals surface area (Å²) in [5.74, 6) is 1.55. The summed E-state index contributed by atoms with van der Waals surface area (Å²) in [4.78, 5) is 0. The maximum Gasteiger partial charge on any atom is 0.205 e. The van der Waals surface area contributed by atoms with Crippen LogP contribution in [0.4, 0.5) is 5.13 Å². The fourth-order valence-corrected chi connectivity index (χ4v) is 3.58. The summed E-state index contributed by atoms with van der Waals surface area (Å²) < 4.78 is 0. The number of nitrogens with zero attached hydrogens (tertiary/aromatic N) is 2. The van der Waals surface area contributed by atoms with Crippen molar-refractivity contribution in [1.82, 2.24) is 10.2 Å². The van der Waals surface area contributed by atoms with Crippen molar-refractivity contribution in [3.05, 3.63) is 5.01 Å². The minimum absolute atomic E-state index is 0.606. The van der Waals surface area contributed by atoms with Crippen molar-refractivity contribution in [3.63, 3.8) is 0 Å². The molecule has 102 valence electrons. The van der Waals surface area contributed by atoms with Gasteiger partial charge in [0.05, 0.1) is 0 Å². The van der Waals surface area contributed by atoms with Crippen molar-refractivity contribution in [1.29, 1.82) is 0 Å². The molecule has 1 saturated carbocycles. The zero-order chi connectivity index (χ0) is 13.0. The smallest absolute Gasteiger partial charge is 0.205 e. The van der Waals surface area contributed by atoms with Crippen LogP contribution < -0.4 is 5.32 Å². The third-order valence-corrected chi connectivity index (χ3v) is 4.51. The maximum absolute atomic E-state index is 4.27. The zero-order valence-electron chi connectivity index (χ0n) is 11.8. The molecule has 1 aromatic rings. The van der Waals surface area contributed by atoms with Gasteiger partial charge in [-0.15, -0.1) is 10.2 Å². The average Bonchev–Trinajstić information content (AvgIpc) is 2.61. The lowest BCUT2D eigenvalue weighted by Crippen LogP contribution is -2.18. The summed E-state index contributed by atoms with van der Waals surface area (Å²) in [6, 6.07) is 0.606. The van der Waals surface area contributed by atoms with Crippen LogP contribution in [0.15, 0.2) is 0 Å². The van der Waals surface area contributed by atoms with E-state index in [4.69, 9.17) is 0 Å². The fraction of sp³-hybridized carbons (Fsp3) is 0.857. The van der Waals surface area contributed by atoms with Gasteiger partial charge < -0.3 is 5.32 Å². The summed E-state index contributed by atoms with van der Waals surface area (Å²) in [7, 11) is 0. The van der Waals surface area contributed by atoms with Gasteiger partial charge in [0, 0.05) is 12.5 Å². The van der Waals surface area contributed by atoms with Crippen LogP contribution in [0.2, 0.25) is 0 Å². The van der Waals surface area contributed by atoms with Gasteiger partial charge in [0.1, 0.15) is 5.01 Å². The lowest BCUT2D eigenvalue weighted by molar-refractivity contribution is 0.502. The van der Waals surface area contributed by atoms with Crippen LogP contribution in [0.25, 0.3) is 0 Å². The summed E-state index contributed by atoms with van der Waals surface area (Å²) in [6.45, 7) is 6.82. The zero-order valence-corrected chi connectivity index (χ0v) is 12.6. The third-order valence-electron chi connectivity index (χ3n) is 3.63. The van der Waals surface area contributed by atoms with E-state index in [1.54, 1.807) is 11.3 Å². The molecule has 1 aromatic heterocycles. The van der Waals surface area contributed by atoms with E-state index in [0.717, 1.165) is 22.5 Å². The van der Waals surface area contributed by atoms with E-state index in [-0.39, 0.29) is 0 Å². The molecule has 1 aliphatic carbocycles. The number of rotatable bonds is 4. The van der Waals surface area contributed by atoms with Crippen molar-refractivity contribution in [2.75, 3.05) is 5.32 Å². The normalized spacial score (nSPS) is 25.1. The summed E-state index contributed by atoms with van der Waals surface area (Å²) in [5.41, 5.74) is 0. The van der Waals surface area contributed by atoms with E-state index in [2.05, 4.69) is 36.3 Å². The highest BCUT2D eigenvalue weighted by atomic mass is 32.1. The molecule has 1 heterocycles. The monoisotopic (exact) mass is 267 g/mol. The van der Waals surface area contributed by atoms with E-state index in [9.17, 15) is 0 Å². The molecule has 4 heteroatoms. The van der Waals surface area contributed by atoms with Crippen LogP contribution in [0.1, 0.15) is 57.9 Å². The Bertz CT molecular complexity index is 362. The molecule has 3 nitrogen and oxygen atoms in total. The van der Waals surface area contributed by atoms with Gasteiger partial charge in [0.2, 0.25) is 5.13 Å². The molecule has 0 radical (unpaired) electrons. The Balaban J connectivity index is 1.86. The summed E-state index contributed by atoms with van der Waals surface area (Å²) >= 11 is 1.73. The molecule has 0 spiro atoms. The predicted octanol–water partition coefficient (Wildman–Crippen LogP) is 4.12. The van der Waals surface area contributed by atoms with Crippen LogP contribution in [-0.2, 0) is 6.42 Å². The lowest BCUT2D eigenvalue weighted by atomic mass is 10.0. The van der Waals surface area contributed by atoms with Gasteiger partial charge in [-0.1, -0.05) is 44.9 Å². The van der Waals surface area contributed by atoms with Gasteiger partial charge in [0.15, 0.2) is 0 Å². The molecule has 0 aliphatic heterocycles. The van der Waals surface area contributed by atoms with Crippen molar-refractivity contribution in [2.24, 2.45) is 11.8 Å². The van der Waals surface area contributed by atoms with Crippen molar-refractivity contribution < 1.29 is 0 Å². The number of anilines is 1. The van der Waals surface area contributed by atoms with Crippen molar-refractivity contribution >= 4 is 16.5 Å². The second-order valence-corrected chi connectivity index (χ2v) is 7.12. The first kappa shape index (κ1) is 13.8. The predicted molar refractivity (Wildman–Crippen MR) is 78.1 cm³/mol. The Hall–Kier alpha value is -0.640. The first-order chi connectivity index (χ1) is 8.63. The van der Waals surface area contributed by atoms with E-state index < -0.39 is 0 Å². The van der Waals surface area contributed by atoms with Gasteiger partial charge in [-0.2, -0.15) is 0 Å². The highest BCUT2D eigenvalue weighted by Gasteiger charge is 2.17. The minimum atomic E-state index is 0.606. The van der Waals surface area contributed by atoms with Crippen LogP contribution >= 0.6 is 11.3 Å². The average molecular weight is 267 g/mol. The van der Waals surface area contributed by atoms with Gasteiger partial charge in [-0.25, -0.2) is 0 Å². The third kappa shape index (κ3) is 4.23. The maximum atomic E-state index is 4.27. The second kappa shape index (κ2) is 6.50. The SMILES string of the molecule is CC(C)Cc1nnc(NC2CCCC(C)CC2)s1. The molecule has 2 unspecified atom stereocenters. The van der Waals surface area contributed by atoms with Gasteiger partial charge in [0.25, 0.3) is 0 Å². The van der Waals surface area contributed by atoms with Crippen LogP contribution in [0.5, 0.6) is 0 Å². The summed E-state index contributed by atoms with van der Waals surface area (Å²) in [5, 5.41) is 14.3. The van der Waals surface area contributed by atoms with Gasteiger partial charge in [-0.05, 0) is 31.1 Å². The Morgan fingerprint density at radius 3 is 2.83 bits per heavy atom. The molecule has 18 heavy (non-hydrogen) atoms. The largest absolute Gasteiger partial charge is 0.357 e. The van der Waals surface area contributed by atoms with Crippen LogP contribution in [0, 0.1) is 11.8 Å². The molecule has 0 amide bonds. The molecule has 2 rings (SSSR count). The van der Waals surface area contributed by atoms with E-state index in [1.165, 1.54) is 32.1 Å². The molecular weight excluding hydrogens is 242 g/mol. The first-order valence-corrected chi connectivity index (χ1v) is 8.04. The quantitative estimate of drug-likeness (QED) is 0.834. The standard InChI is InChI=1S/C14H25N3S/c1-10(2)9-13-16-17-14(18-13)15-12-6-4-5-11(3)7-8-12/h10-12H,4-9H2,1-3H3,(H,15,17). The lowest BCUT2D eigenvalue weighted by Gasteiger charge is -2.14. The van der Waals surface area contributed by atoms with Crippen molar-refractivity contribution in [3.8, 4) is 0 Å². The number of hydrogen-bond acceptors (Lipinski definition) is 4. The minimum Gasteiger partial charge on any atom is -0.357 e. The molecule has 0 aromatic carbocycles. The van der Waals surface area contributed by atoms with Gasteiger partial charge in [-0.3, -0.25) is 0 Å². The first-order valence-electron chi connectivity index (χ1n) is 7.22. The molecule has 0 saturated heterocycles. The van der Waals surface area contributed by atoms with E-state index >= 15 is 0 Å². The Morgan fingerprint density at radius 2 is 2.06 bits per heavy atom. The molecule has 0 bridgehead atoms. The number of aromatic nitrogens is 2. The highest BCUT2D eigenvalue weighted by molar-refractivity contribution is 7.15. The number of hydrogen-bond donors (Lipinski definition) is 1. The fourth-order valence-electron chi connectivity index (χ4n) is 2.55. The van der Waals surface area contributed by atoms with E-state index in [1.807, 2.05) is 0 Å². The van der Waals surface area contributed by atoms with Crippen molar-refractivity contribution in [2.45, 2.75) is 65.3 Å². The molecule has 1 fully saturated rings.